The second kappa shape index (κ2) is 5.95. The van der Waals surface area contributed by atoms with Gasteiger partial charge in [0.05, 0.1) is 17.4 Å². The standard InChI is InChI=1S/C15H10ClFN4O/c16-10-2-4-13(17)12(8-10)15(22)20-11-3-5-14(18-9-11)21-7-1-6-19-21/h1-9H,(H,20,22). The average molecular weight is 317 g/mol. The lowest BCUT2D eigenvalue weighted by Crippen LogP contribution is -2.14. The maximum atomic E-state index is 13.6. The highest BCUT2D eigenvalue weighted by molar-refractivity contribution is 6.31. The van der Waals surface area contributed by atoms with Crippen molar-refractivity contribution in [3.63, 3.8) is 0 Å². The van der Waals surface area contributed by atoms with Crippen molar-refractivity contribution in [2.45, 2.75) is 0 Å². The van der Waals surface area contributed by atoms with Gasteiger partial charge in [0.15, 0.2) is 5.82 Å². The molecule has 2 heterocycles. The Morgan fingerprint density at radius 3 is 2.82 bits per heavy atom. The Kier molecular flexibility index (Phi) is 3.84. The zero-order chi connectivity index (χ0) is 15.5. The van der Waals surface area contributed by atoms with Gasteiger partial charge >= 0.3 is 0 Å². The second-order valence-corrected chi connectivity index (χ2v) is 4.87. The summed E-state index contributed by atoms with van der Waals surface area (Å²) in [6.07, 6.45) is 4.86. The monoisotopic (exact) mass is 316 g/mol. The van der Waals surface area contributed by atoms with Gasteiger partial charge in [0.1, 0.15) is 5.82 Å². The highest BCUT2D eigenvalue weighted by Crippen LogP contribution is 2.17. The van der Waals surface area contributed by atoms with Gasteiger partial charge in [-0.1, -0.05) is 11.6 Å². The molecular formula is C15H10ClFN4O. The second-order valence-electron chi connectivity index (χ2n) is 4.43. The van der Waals surface area contributed by atoms with Gasteiger partial charge < -0.3 is 5.32 Å². The molecule has 5 nitrogen and oxygen atoms in total. The van der Waals surface area contributed by atoms with E-state index in [1.807, 2.05) is 0 Å². The minimum absolute atomic E-state index is 0.122. The largest absolute Gasteiger partial charge is 0.320 e. The molecule has 0 aliphatic rings. The third kappa shape index (κ3) is 2.96. The Labute approximate surface area is 130 Å². The number of anilines is 1. The Balaban J connectivity index is 1.78. The first-order valence-electron chi connectivity index (χ1n) is 6.36. The predicted octanol–water partition coefficient (Wildman–Crippen LogP) is 3.31. The molecule has 0 saturated carbocycles. The van der Waals surface area contributed by atoms with E-state index in [1.54, 1.807) is 35.3 Å². The van der Waals surface area contributed by atoms with Gasteiger partial charge in [-0.25, -0.2) is 14.1 Å². The number of nitrogens with zero attached hydrogens (tertiary/aromatic N) is 3. The number of amides is 1. The van der Waals surface area contributed by atoms with Crippen LogP contribution in [0, 0.1) is 5.82 Å². The molecule has 0 bridgehead atoms. The zero-order valence-electron chi connectivity index (χ0n) is 11.2. The summed E-state index contributed by atoms with van der Waals surface area (Å²) in [5.74, 6) is -0.617. The molecule has 3 aromatic rings. The number of halogens is 2. The van der Waals surface area contributed by atoms with E-state index >= 15 is 0 Å². The number of pyridine rings is 1. The maximum absolute atomic E-state index is 13.6. The van der Waals surface area contributed by atoms with E-state index in [0.29, 0.717) is 16.5 Å². The molecule has 0 saturated heterocycles. The highest BCUT2D eigenvalue weighted by atomic mass is 35.5. The molecule has 0 aliphatic carbocycles. The maximum Gasteiger partial charge on any atom is 0.258 e. The summed E-state index contributed by atoms with van der Waals surface area (Å²) in [6.45, 7) is 0. The van der Waals surface area contributed by atoms with Crippen molar-refractivity contribution in [2.75, 3.05) is 5.32 Å². The van der Waals surface area contributed by atoms with Gasteiger partial charge in [-0.15, -0.1) is 0 Å². The molecule has 2 aromatic heterocycles. The van der Waals surface area contributed by atoms with Crippen molar-refractivity contribution in [3.8, 4) is 5.82 Å². The van der Waals surface area contributed by atoms with E-state index in [2.05, 4.69) is 15.4 Å². The van der Waals surface area contributed by atoms with Gasteiger partial charge in [-0.3, -0.25) is 4.79 Å². The van der Waals surface area contributed by atoms with Crippen LogP contribution in [-0.4, -0.2) is 20.7 Å². The number of carbonyl (C=O) groups is 1. The van der Waals surface area contributed by atoms with Crippen molar-refractivity contribution in [2.24, 2.45) is 0 Å². The minimum Gasteiger partial charge on any atom is -0.320 e. The summed E-state index contributed by atoms with van der Waals surface area (Å²) >= 11 is 5.77. The van der Waals surface area contributed by atoms with E-state index in [-0.39, 0.29) is 5.56 Å². The zero-order valence-corrected chi connectivity index (χ0v) is 12.0. The van der Waals surface area contributed by atoms with Crippen molar-refractivity contribution < 1.29 is 9.18 Å². The van der Waals surface area contributed by atoms with Gasteiger partial charge in [-0.05, 0) is 36.4 Å². The lowest BCUT2D eigenvalue weighted by atomic mass is 10.2. The van der Waals surface area contributed by atoms with Gasteiger partial charge in [0.2, 0.25) is 0 Å². The molecule has 0 aliphatic heterocycles. The molecule has 7 heteroatoms. The third-order valence-corrected chi connectivity index (χ3v) is 3.15. The van der Waals surface area contributed by atoms with Crippen LogP contribution in [0.5, 0.6) is 0 Å². The van der Waals surface area contributed by atoms with Gasteiger partial charge in [0.25, 0.3) is 5.91 Å². The summed E-state index contributed by atoms with van der Waals surface area (Å²) in [7, 11) is 0. The van der Waals surface area contributed by atoms with Crippen LogP contribution in [0.1, 0.15) is 10.4 Å². The summed E-state index contributed by atoms with van der Waals surface area (Å²) < 4.78 is 15.2. The molecule has 0 spiro atoms. The molecule has 0 atom stereocenters. The van der Waals surface area contributed by atoms with E-state index in [1.165, 1.54) is 18.3 Å². The lowest BCUT2D eigenvalue weighted by Gasteiger charge is -2.07. The fourth-order valence-electron chi connectivity index (χ4n) is 1.87. The number of aromatic nitrogens is 3. The number of nitrogens with one attached hydrogen (secondary N) is 1. The molecule has 22 heavy (non-hydrogen) atoms. The molecule has 0 radical (unpaired) electrons. The molecule has 1 aromatic carbocycles. The van der Waals surface area contributed by atoms with Crippen LogP contribution in [0.4, 0.5) is 10.1 Å². The average Bonchev–Trinajstić information content (AvgIpc) is 3.05. The fraction of sp³-hybridized carbons (Fsp3) is 0. The van der Waals surface area contributed by atoms with Crippen LogP contribution in [0.25, 0.3) is 5.82 Å². The molecular weight excluding hydrogens is 307 g/mol. The topological polar surface area (TPSA) is 59.8 Å². The van der Waals surface area contributed by atoms with Gasteiger partial charge in [-0.2, -0.15) is 5.10 Å². The molecule has 110 valence electrons. The summed E-state index contributed by atoms with van der Waals surface area (Å²) in [5.41, 5.74) is 0.323. The van der Waals surface area contributed by atoms with Crippen LogP contribution in [0.15, 0.2) is 55.0 Å². The third-order valence-electron chi connectivity index (χ3n) is 2.92. The van der Waals surface area contributed by atoms with Crippen LogP contribution in [0.2, 0.25) is 5.02 Å². The number of hydrogen-bond acceptors (Lipinski definition) is 3. The molecule has 0 unspecified atom stereocenters. The Morgan fingerprint density at radius 2 is 2.14 bits per heavy atom. The van der Waals surface area contributed by atoms with Crippen molar-refractivity contribution in [3.05, 3.63) is 71.4 Å². The fourth-order valence-corrected chi connectivity index (χ4v) is 2.04. The first kappa shape index (κ1) is 14.2. The Hall–Kier alpha value is -2.73. The molecule has 3 rings (SSSR count). The quantitative estimate of drug-likeness (QED) is 0.806. The van der Waals surface area contributed by atoms with Gasteiger partial charge in [0, 0.05) is 17.4 Å². The SMILES string of the molecule is O=C(Nc1ccc(-n2cccn2)nc1)c1cc(Cl)ccc1F. The minimum atomic E-state index is -0.636. The van der Waals surface area contributed by atoms with E-state index in [9.17, 15) is 9.18 Å². The first-order valence-corrected chi connectivity index (χ1v) is 6.74. The lowest BCUT2D eigenvalue weighted by molar-refractivity contribution is 0.102. The number of rotatable bonds is 3. The molecule has 1 amide bonds. The normalized spacial score (nSPS) is 10.5. The first-order chi connectivity index (χ1) is 10.6. The van der Waals surface area contributed by atoms with Crippen molar-refractivity contribution in [1.82, 2.24) is 14.8 Å². The molecule has 0 fully saturated rings. The Bertz CT molecular complexity index is 803. The molecule has 1 N–H and O–H groups in total. The van der Waals surface area contributed by atoms with E-state index in [0.717, 1.165) is 6.07 Å². The summed E-state index contributed by atoms with van der Waals surface area (Å²) in [4.78, 5) is 16.2. The highest BCUT2D eigenvalue weighted by Gasteiger charge is 2.12. The number of hydrogen-bond donors (Lipinski definition) is 1. The van der Waals surface area contributed by atoms with Crippen LogP contribution < -0.4 is 5.32 Å². The number of carbonyl (C=O) groups excluding carboxylic acids is 1. The smallest absolute Gasteiger partial charge is 0.258 e. The van der Waals surface area contributed by atoms with E-state index < -0.39 is 11.7 Å². The van der Waals surface area contributed by atoms with Crippen LogP contribution in [-0.2, 0) is 0 Å². The van der Waals surface area contributed by atoms with E-state index in [4.69, 9.17) is 11.6 Å². The van der Waals surface area contributed by atoms with Crippen LogP contribution in [0.3, 0.4) is 0 Å². The predicted molar refractivity (Wildman–Crippen MR) is 80.7 cm³/mol. The van der Waals surface area contributed by atoms with Crippen molar-refractivity contribution in [1.29, 1.82) is 0 Å². The summed E-state index contributed by atoms with van der Waals surface area (Å²) in [6, 6.07) is 8.93. The Morgan fingerprint density at radius 1 is 1.27 bits per heavy atom. The van der Waals surface area contributed by atoms with Crippen LogP contribution >= 0.6 is 11.6 Å². The number of benzene rings is 1. The van der Waals surface area contributed by atoms with Crippen molar-refractivity contribution >= 4 is 23.2 Å². The summed E-state index contributed by atoms with van der Waals surface area (Å²) in [5, 5.41) is 6.91.